The molecule has 1 aliphatic heterocycles. The third kappa shape index (κ3) is 13.0. The van der Waals surface area contributed by atoms with Gasteiger partial charge in [-0.15, -0.1) is 5.06 Å². The van der Waals surface area contributed by atoms with Gasteiger partial charge in [-0.2, -0.15) is 0 Å². The molecule has 1 N–H and O–H groups in total. The molecule has 1 rings (SSSR count). The van der Waals surface area contributed by atoms with Crippen molar-refractivity contribution in [2.45, 2.75) is 97.2 Å². The van der Waals surface area contributed by atoms with Crippen molar-refractivity contribution in [2.24, 2.45) is 5.92 Å². The van der Waals surface area contributed by atoms with E-state index in [0.29, 0.717) is 43.8 Å². The van der Waals surface area contributed by atoms with E-state index in [2.05, 4.69) is 19.2 Å². The Balaban J connectivity index is 2.12. The number of rotatable bonds is 19. The predicted molar refractivity (Wildman–Crippen MR) is 129 cm³/mol. The molecular weight excluding hydrogens is 456 g/mol. The maximum atomic E-state index is 11.9. The number of hydrogen-bond acceptors (Lipinski definition) is 8. The lowest BCUT2D eigenvalue weighted by atomic mass is 9.99. The molecule has 0 radical (unpaired) electrons. The zero-order chi connectivity index (χ0) is 26.3. The van der Waals surface area contributed by atoms with Crippen molar-refractivity contribution >= 4 is 23.7 Å². The standard InChI is InChI=1S/C25H44N2O8/c1-6-9-20(19(2)34-17-14-25(3,4)32-5)18-33-16-8-15-26-21(28)10-7-11-24(31)35-27-22(29)12-13-23(27)30/h19-20H,6-18H2,1-5H3,(H,26,28). The van der Waals surface area contributed by atoms with Gasteiger partial charge in [0.15, 0.2) is 0 Å². The number of carbonyl (C=O) groups is 4. The number of hydrogen-bond donors (Lipinski definition) is 1. The minimum absolute atomic E-state index is 0.0460. The average Bonchev–Trinajstić information content (AvgIpc) is 3.12. The number of methoxy groups -OCH3 is 1. The second-order valence-corrected chi connectivity index (χ2v) is 9.52. The van der Waals surface area contributed by atoms with Gasteiger partial charge in [-0.1, -0.05) is 13.3 Å². The summed E-state index contributed by atoms with van der Waals surface area (Å²) in [5.74, 6) is -1.59. The number of carbonyl (C=O) groups excluding carboxylic acids is 4. The second-order valence-electron chi connectivity index (χ2n) is 9.52. The number of nitrogens with one attached hydrogen (secondary N) is 1. The van der Waals surface area contributed by atoms with Crippen LogP contribution in [0.2, 0.25) is 0 Å². The minimum atomic E-state index is -0.697. The van der Waals surface area contributed by atoms with Gasteiger partial charge in [-0.25, -0.2) is 4.79 Å². The van der Waals surface area contributed by atoms with Crippen LogP contribution in [0, 0.1) is 5.92 Å². The molecular formula is C25H44N2O8. The van der Waals surface area contributed by atoms with Gasteiger partial charge in [-0.3, -0.25) is 14.4 Å². The average molecular weight is 501 g/mol. The van der Waals surface area contributed by atoms with E-state index >= 15 is 0 Å². The second kappa shape index (κ2) is 16.6. The first kappa shape index (κ1) is 31.0. The molecule has 35 heavy (non-hydrogen) atoms. The van der Waals surface area contributed by atoms with Crippen LogP contribution >= 0.6 is 0 Å². The fourth-order valence-corrected chi connectivity index (χ4v) is 3.48. The summed E-state index contributed by atoms with van der Waals surface area (Å²) in [5, 5.41) is 3.32. The molecule has 0 aliphatic carbocycles. The monoisotopic (exact) mass is 500 g/mol. The number of imide groups is 1. The first-order valence-electron chi connectivity index (χ1n) is 12.7. The highest BCUT2D eigenvalue weighted by atomic mass is 16.7. The summed E-state index contributed by atoms with van der Waals surface area (Å²) in [6, 6.07) is 0. The largest absolute Gasteiger partial charge is 0.381 e. The van der Waals surface area contributed by atoms with E-state index in [0.717, 1.165) is 19.3 Å². The van der Waals surface area contributed by atoms with Crippen LogP contribution in [0.5, 0.6) is 0 Å². The molecule has 0 spiro atoms. The molecule has 2 atom stereocenters. The Morgan fingerprint density at radius 3 is 2.40 bits per heavy atom. The summed E-state index contributed by atoms with van der Waals surface area (Å²) < 4.78 is 17.3. The van der Waals surface area contributed by atoms with E-state index in [1.165, 1.54) is 0 Å². The molecule has 3 amide bonds. The number of hydroxylamine groups is 2. The lowest BCUT2D eigenvalue weighted by Crippen LogP contribution is -2.32. The summed E-state index contributed by atoms with van der Waals surface area (Å²) >= 11 is 0. The molecule has 0 bridgehead atoms. The summed E-state index contributed by atoms with van der Waals surface area (Å²) in [7, 11) is 1.71. The SMILES string of the molecule is CCCC(COCCCNC(=O)CCCC(=O)ON1C(=O)CCC1=O)C(C)OCCC(C)(C)OC. The number of nitrogens with zero attached hydrogens (tertiary/aromatic N) is 1. The summed E-state index contributed by atoms with van der Waals surface area (Å²) in [6.45, 7) is 10.6. The summed E-state index contributed by atoms with van der Waals surface area (Å²) in [5.41, 5.74) is -0.196. The summed E-state index contributed by atoms with van der Waals surface area (Å²) in [6.07, 6.45) is 4.17. The molecule has 0 saturated carbocycles. The fourth-order valence-electron chi connectivity index (χ4n) is 3.48. The molecule has 202 valence electrons. The van der Waals surface area contributed by atoms with Gasteiger partial charge in [0.1, 0.15) is 0 Å². The molecule has 0 aromatic carbocycles. The lowest BCUT2D eigenvalue weighted by molar-refractivity contribution is -0.197. The third-order valence-electron chi connectivity index (χ3n) is 6.06. The third-order valence-corrected chi connectivity index (χ3v) is 6.06. The van der Waals surface area contributed by atoms with Crippen molar-refractivity contribution < 1.29 is 38.2 Å². The lowest BCUT2D eigenvalue weighted by Gasteiger charge is -2.27. The molecule has 0 aromatic heterocycles. The van der Waals surface area contributed by atoms with E-state index in [1.807, 2.05) is 13.8 Å². The first-order chi connectivity index (χ1) is 16.6. The Labute approximate surface area is 209 Å². The molecule has 10 nitrogen and oxygen atoms in total. The van der Waals surface area contributed by atoms with Crippen LogP contribution in [0.25, 0.3) is 0 Å². The maximum Gasteiger partial charge on any atom is 0.333 e. The van der Waals surface area contributed by atoms with Gasteiger partial charge in [0.05, 0.1) is 18.3 Å². The van der Waals surface area contributed by atoms with E-state index in [1.54, 1.807) is 7.11 Å². The topological polar surface area (TPSA) is 120 Å². The predicted octanol–water partition coefficient (Wildman–Crippen LogP) is 2.92. The van der Waals surface area contributed by atoms with Crippen molar-refractivity contribution in [2.75, 3.05) is 33.5 Å². The Hall–Kier alpha value is -2.04. The van der Waals surface area contributed by atoms with Gasteiger partial charge in [0.25, 0.3) is 11.8 Å². The van der Waals surface area contributed by atoms with Crippen molar-refractivity contribution in [1.82, 2.24) is 10.4 Å². The van der Waals surface area contributed by atoms with Crippen molar-refractivity contribution in [3.63, 3.8) is 0 Å². The van der Waals surface area contributed by atoms with Gasteiger partial charge >= 0.3 is 5.97 Å². The molecule has 2 unspecified atom stereocenters. The quantitative estimate of drug-likeness (QED) is 0.212. The number of amides is 3. The van der Waals surface area contributed by atoms with Gasteiger partial charge < -0.3 is 24.4 Å². The maximum absolute atomic E-state index is 11.9. The van der Waals surface area contributed by atoms with E-state index in [-0.39, 0.29) is 49.7 Å². The van der Waals surface area contributed by atoms with E-state index < -0.39 is 17.8 Å². The Kier molecular flexibility index (Phi) is 14.7. The van der Waals surface area contributed by atoms with Crippen molar-refractivity contribution in [3.8, 4) is 0 Å². The molecule has 1 aliphatic rings. The van der Waals surface area contributed by atoms with E-state index in [4.69, 9.17) is 19.0 Å². The number of ether oxygens (including phenoxy) is 3. The minimum Gasteiger partial charge on any atom is -0.381 e. The van der Waals surface area contributed by atoms with Crippen LogP contribution in [0.3, 0.4) is 0 Å². The zero-order valence-corrected chi connectivity index (χ0v) is 22.1. The Morgan fingerprint density at radius 1 is 1.09 bits per heavy atom. The Bertz CT molecular complexity index is 666. The highest BCUT2D eigenvalue weighted by Gasteiger charge is 2.32. The smallest absolute Gasteiger partial charge is 0.333 e. The van der Waals surface area contributed by atoms with Crippen LogP contribution in [0.4, 0.5) is 0 Å². The molecule has 1 saturated heterocycles. The van der Waals surface area contributed by atoms with Crippen molar-refractivity contribution in [1.29, 1.82) is 0 Å². The van der Waals surface area contributed by atoms with Crippen LogP contribution < -0.4 is 5.32 Å². The molecule has 10 heteroatoms. The molecule has 1 heterocycles. The van der Waals surface area contributed by atoms with Crippen LogP contribution in [-0.2, 0) is 38.2 Å². The molecule has 1 fully saturated rings. The normalized spacial score (nSPS) is 15.9. The van der Waals surface area contributed by atoms with Gasteiger partial charge in [0.2, 0.25) is 5.91 Å². The van der Waals surface area contributed by atoms with Crippen molar-refractivity contribution in [3.05, 3.63) is 0 Å². The van der Waals surface area contributed by atoms with Gasteiger partial charge in [0, 0.05) is 58.5 Å². The van der Waals surface area contributed by atoms with Crippen LogP contribution in [0.1, 0.15) is 85.5 Å². The Morgan fingerprint density at radius 2 is 1.77 bits per heavy atom. The highest BCUT2D eigenvalue weighted by Crippen LogP contribution is 2.18. The zero-order valence-electron chi connectivity index (χ0n) is 22.1. The van der Waals surface area contributed by atoms with Gasteiger partial charge in [-0.05, 0) is 46.5 Å². The van der Waals surface area contributed by atoms with Crippen LogP contribution in [-0.4, -0.2) is 73.9 Å². The van der Waals surface area contributed by atoms with E-state index in [9.17, 15) is 19.2 Å². The highest BCUT2D eigenvalue weighted by molar-refractivity contribution is 6.01. The molecule has 0 aromatic rings. The first-order valence-corrected chi connectivity index (χ1v) is 12.7. The summed E-state index contributed by atoms with van der Waals surface area (Å²) in [4.78, 5) is 51.3. The van der Waals surface area contributed by atoms with Crippen LogP contribution in [0.15, 0.2) is 0 Å². The fraction of sp³-hybridized carbons (Fsp3) is 0.840.